The Kier molecular flexibility index (Phi) is 4.55. The van der Waals surface area contributed by atoms with Crippen LogP contribution in [0.5, 0.6) is 0 Å². The number of nitrogens with zero attached hydrogens (tertiary/aromatic N) is 2. The zero-order valence-electron chi connectivity index (χ0n) is 12.7. The molecule has 6 nitrogen and oxygen atoms in total. The highest BCUT2D eigenvalue weighted by Gasteiger charge is 2.29. The van der Waals surface area contributed by atoms with Crippen LogP contribution in [0.3, 0.4) is 0 Å². The van der Waals surface area contributed by atoms with Gasteiger partial charge in [-0.1, -0.05) is 26.0 Å². The summed E-state index contributed by atoms with van der Waals surface area (Å²) in [5.74, 6) is 0.857. The van der Waals surface area contributed by atoms with Gasteiger partial charge in [0.1, 0.15) is 5.82 Å². The van der Waals surface area contributed by atoms with Gasteiger partial charge in [-0.3, -0.25) is 0 Å². The van der Waals surface area contributed by atoms with Gasteiger partial charge in [0, 0.05) is 25.7 Å². The number of hydrogen-bond donors (Lipinski definition) is 2. The largest absolute Gasteiger partial charge is 0.384 e. The van der Waals surface area contributed by atoms with Crippen LogP contribution in [0.2, 0.25) is 0 Å². The molecule has 0 fully saturated rings. The van der Waals surface area contributed by atoms with Gasteiger partial charge in [0.2, 0.25) is 0 Å². The Morgan fingerprint density at radius 3 is 2.76 bits per heavy atom. The van der Waals surface area contributed by atoms with Gasteiger partial charge >= 0.3 is 0 Å². The molecule has 0 saturated heterocycles. The van der Waals surface area contributed by atoms with Gasteiger partial charge < -0.3 is 9.67 Å². The molecule has 21 heavy (non-hydrogen) atoms. The SMILES string of the molecule is CC(C)c1nc(S(=O)(=O)NCC2(O)C=CCCC2)cn1C. The fraction of sp³-hybridized carbons (Fsp3) is 0.643. The maximum atomic E-state index is 12.3. The van der Waals surface area contributed by atoms with Crippen LogP contribution in [-0.4, -0.2) is 35.2 Å². The third-order valence-electron chi connectivity index (χ3n) is 3.66. The van der Waals surface area contributed by atoms with E-state index < -0.39 is 15.6 Å². The van der Waals surface area contributed by atoms with Crippen molar-refractivity contribution in [2.75, 3.05) is 6.54 Å². The minimum atomic E-state index is -3.71. The quantitative estimate of drug-likeness (QED) is 0.802. The Balaban J connectivity index is 2.13. The van der Waals surface area contributed by atoms with Gasteiger partial charge in [-0.05, 0) is 19.3 Å². The normalized spacial score (nSPS) is 22.9. The van der Waals surface area contributed by atoms with Gasteiger partial charge in [-0.25, -0.2) is 18.1 Å². The van der Waals surface area contributed by atoms with E-state index in [-0.39, 0.29) is 17.5 Å². The van der Waals surface area contributed by atoms with Crippen molar-refractivity contribution in [3.8, 4) is 0 Å². The van der Waals surface area contributed by atoms with Gasteiger partial charge in [0.15, 0.2) is 5.03 Å². The first-order valence-corrected chi connectivity index (χ1v) is 8.65. The van der Waals surface area contributed by atoms with Crippen molar-refractivity contribution in [1.82, 2.24) is 14.3 Å². The number of imidazole rings is 1. The summed E-state index contributed by atoms with van der Waals surface area (Å²) in [4.78, 5) is 4.18. The van der Waals surface area contributed by atoms with E-state index in [1.54, 1.807) is 17.7 Å². The molecule has 0 bridgehead atoms. The van der Waals surface area contributed by atoms with E-state index in [9.17, 15) is 13.5 Å². The molecule has 1 aromatic rings. The number of rotatable bonds is 5. The van der Waals surface area contributed by atoms with Crippen molar-refractivity contribution in [3.63, 3.8) is 0 Å². The molecule has 0 radical (unpaired) electrons. The van der Waals surface area contributed by atoms with Crippen LogP contribution in [0.15, 0.2) is 23.4 Å². The van der Waals surface area contributed by atoms with Crippen LogP contribution in [0.4, 0.5) is 0 Å². The Hall–Kier alpha value is -1.18. The first-order valence-electron chi connectivity index (χ1n) is 7.16. The number of nitrogens with one attached hydrogen (secondary N) is 1. The van der Waals surface area contributed by atoms with Crippen LogP contribution in [0, 0.1) is 0 Å². The van der Waals surface area contributed by atoms with Crippen LogP contribution in [0.1, 0.15) is 44.9 Å². The van der Waals surface area contributed by atoms with E-state index >= 15 is 0 Å². The summed E-state index contributed by atoms with van der Waals surface area (Å²) in [6.07, 6.45) is 7.40. The zero-order valence-corrected chi connectivity index (χ0v) is 13.5. The highest BCUT2D eigenvalue weighted by molar-refractivity contribution is 7.89. The Labute approximate surface area is 125 Å². The van der Waals surface area contributed by atoms with E-state index in [1.165, 1.54) is 6.20 Å². The lowest BCUT2D eigenvalue weighted by Gasteiger charge is -2.27. The fourth-order valence-corrected chi connectivity index (χ4v) is 3.57. The maximum Gasteiger partial charge on any atom is 0.259 e. The molecular formula is C14H23N3O3S. The van der Waals surface area contributed by atoms with Gasteiger partial charge in [-0.2, -0.15) is 0 Å². The minimum Gasteiger partial charge on any atom is -0.384 e. The molecule has 0 amide bonds. The molecule has 2 N–H and O–H groups in total. The van der Waals surface area contributed by atoms with Crippen LogP contribution in [-0.2, 0) is 17.1 Å². The second kappa shape index (κ2) is 5.90. The molecule has 0 aromatic carbocycles. The molecule has 7 heteroatoms. The average Bonchev–Trinajstić information content (AvgIpc) is 2.81. The zero-order chi connectivity index (χ0) is 15.7. The summed E-state index contributed by atoms with van der Waals surface area (Å²) < 4.78 is 28.7. The highest BCUT2D eigenvalue weighted by Crippen LogP contribution is 2.22. The number of sulfonamides is 1. The van der Waals surface area contributed by atoms with E-state index in [0.29, 0.717) is 12.2 Å². The van der Waals surface area contributed by atoms with Gasteiger partial charge in [-0.15, -0.1) is 0 Å². The van der Waals surface area contributed by atoms with Crippen molar-refractivity contribution in [1.29, 1.82) is 0 Å². The van der Waals surface area contributed by atoms with Crippen LogP contribution >= 0.6 is 0 Å². The second-order valence-electron chi connectivity index (χ2n) is 5.93. The Bertz CT molecular complexity index is 634. The summed E-state index contributed by atoms with van der Waals surface area (Å²) in [6.45, 7) is 3.89. The van der Waals surface area contributed by atoms with Crippen molar-refractivity contribution in [2.45, 2.75) is 49.7 Å². The van der Waals surface area contributed by atoms with E-state index in [4.69, 9.17) is 0 Å². The minimum absolute atomic E-state index is 0.00270. The summed E-state index contributed by atoms with van der Waals surface area (Å²) in [7, 11) is -1.93. The average molecular weight is 313 g/mol. The lowest BCUT2D eigenvalue weighted by molar-refractivity contribution is 0.0797. The number of hydrogen-bond acceptors (Lipinski definition) is 4. The Morgan fingerprint density at radius 2 is 2.24 bits per heavy atom. The molecule has 1 heterocycles. The van der Waals surface area contributed by atoms with Gasteiger partial charge in [0.25, 0.3) is 10.0 Å². The molecule has 0 aliphatic heterocycles. The molecule has 1 aliphatic carbocycles. The highest BCUT2D eigenvalue weighted by atomic mass is 32.2. The summed E-state index contributed by atoms with van der Waals surface area (Å²) in [5.41, 5.74) is -1.10. The molecular weight excluding hydrogens is 290 g/mol. The maximum absolute atomic E-state index is 12.3. The number of allylic oxidation sites excluding steroid dienone is 1. The molecule has 118 valence electrons. The van der Waals surface area contributed by atoms with Crippen molar-refractivity contribution in [3.05, 3.63) is 24.2 Å². The predicted molar refractivity (Wildman–Crippen MR) is 80.4 cm³/mol. The Morgan fingerprint density at radius 1 is 1.52 bits per heavy atom. The smallest absolute Gasteiger partial charge is 0.259 e. The van der Waals surface area contributed by atoms with E-state index in [2.05, 4.69) is 9.71 Å². The topological polar surface area (TPSA) is 84.2 Å². The first kappa shape index (κ1) is 16.2. The van der Waals surface area contributed by atoms with E-state index in [1.807, 2.05) is 19.9 Å². The molecule has 1 atom stereocenters. The molecule has 2 rings (SSSR count). The molecule has 0 spiro atoms. The van der Waals surface area contributed by atoms with Crippen LogP contribution < -0.4 is 4.72 Å². The molecule has 1 aliphatic rings. The first-order chi connectivity index (χ1) is 9.73. The van der Waals surface area contributed by atoms with E-state index in [0.717, 1.165) is 12.8 Å². The predicted octanol–water partition coefficient (Wildman–Crippen LogP) is 1.29. The summed E-state index contributed by atoms with van der Waals surface area (Å²) in [5, 5.41) is 10.3. The number of aryl methyl sites for hydroxylation is 1. The molecule has 1 aromatic heterocycles. The third kappa shape index (κ3) is 3.72. The second-order valence-corrected chi connectivity index (χ2v) is 7.64. The molecule has 1 unspecified atom stereocenters. The van der Waals surface area contributed by atoms with Gasteiger partial charge in [0.05, 0.1) is 5.60 Å². The fourth-order valence-electron chi connectivity index (χ4n) is 2.47. The van der Waals surface area contributed by atoms with Crippen molar-refractivity contribution >= 4 is 10.0 Å². The monoisotopic (exact) mass is 313 g/mol. The summed E-state index contributed by atoms with van der Waals surface area (Å²) >= 11 is 0. The molecule has 0 saturated carbocycles. The lowest BCUT2D eigenvalue weighted by Crippen LogP contribution is -2.42. The van der Waals surface area contributed by atoms with Crippen LogP contribution in [0.25, 0.3) is 0 Å². The van der Waals surface area contributed by atoms with Crippen molar-refractivity contribution < 1.29 is 13.5 Å². The number of aromatic nitrogens is 2. The van der Waals surface area contributed by atoms with Crippen molar-refractivity contribution in [2.24, 2.45) is 7.05 Å². The standard InChI is InChI=1S/C14H23N3O3S/c1-11(2)13-16-12(9-17(13)3)21(19,20)15-10-14(18)7-5-4-6-8-14/h5,7,9,11,15,18H,4,6,8,10H2,1-3H3. The number of aliphatic hydroxyl groups is 1. The lowest BCUT2D eigenvalue weighted by atomic mass is 9.91. The summed E-state index contributed by atoms with van der Waals surface area (Å²) in [6, 6.07) is 0. The third-order valence-corrected chi connectivity index (χ3v) is 4.93.